The summed E-state index contributed by atoms with van der Waals surface area (Å²) in [6.07, 6.45) is 4.76. The van der Waals surface area contributed by atoms with Crippen LogP contribution in [0.2, 0.25) is 16.6 Å². The number of hydrogen-bond donors (Lipinski definition) is 3. The molecule has 12 nitrogen and oxygen atoms in total. The van der Waals surface area contributed by atoms with Crippen molar-refractivity contribution in [3.8, 4) is 28.1 Å². The summed E-state index contributed by atoms with van der Waals surface area (Å²) in [7, 11) is -0.747. The summed E-state index contributed by atoms with van der Waals surface area (Å²) in [6, 6.07) is 12.9. The first-order valence-electron chi connectivity index (χ1n) is 21.8. The molecule has 2 aliphatic heterocycles. The third kappa shape index (κ3) is 10.3. The van der Waals surface area contributed by atoms with Crippen molar-refractivity contribution in [2.45, 2.75) is 143 Å². The van der Waals surface area contributed by atoms with Gasteiger partial charge in [-0.2, -0.15) is 0 Å². The molecule has 13 heteroatoms. The Morgan fingerprint density at radius 1 is 1.02 bits per heavy atom. The molecule has 4 aromatic rings. The van der Waals surface area contributed by atoms with Crippen molar-refractivity contribution in [2.75, 3.05) is 20.3 Å². The van der Waals surface area contributed by atoms with Gasteiger partial charge in [0, 0.05) is 54.4 Å². The number of alkyl carbamates (subject to hydrolysis) is 1. The number of amides is 2. The van der Waals surface area contributed by atoms with Crippen LogP contribution in [0.1, 0.15) is 106 Å². The monoisotopic (exact) mass is 853 g/mol. The highest BCUT2D eigenvalue weighted by atomic mass is 28.4. The highest BCUT2D eigenvalue weighted by Crippen LogP contribution is 2.44. The fourth-order valence-electron chi connectivity index (χ4n) is 9.42. The molecule has 1 fully saturated rings. The number of fused-ring (bicyclic) bond motifs is 6. The minimum absolute atomic E-state index is 0.147. The van der Waals surface area contributed by atoms with Gasteiger partial charge in [0.1, 0.15) is 23.4 Å². The Kier molecular flexibility index (Phi) is 13.8. The summed E-state index contributed by atoms with van der Waals surface area (Å²) in [5.41, 5.74) is 10.5. The Labute approximate surface area is 363 Å². The molecule has 1 saturated heterocycles. The van der Waals surface area contributed by atoms with E-state index in [-0.39, 0.29) is 18.9 Å². The molecule has 2 aliphatic rings. The Bertz CT molecular complexity index is 2200. The van der Waals surface area contributed by atoms with Gasteiger partial charge in [-0.1, -0.05) is 67.5 Å². The maximum Gasteiger partial charge on any atom is 0.408 e. The molecule has 330 valence electrons. The zero-order valence-electron chi connectivity index (χ0n) is 38.3. The smallest absolute Gasteiger partial charge is 0.408 e. The molecule has 2 amide bonds. The van der Waals surface area contributed by atoms with Gasteiger partial charge in [0.05, 0.1) is 18.9 Å². The van der Waals surface area contributed by atoms with Crippen molar-refractivity contribution in [1.29, 1.82) is 0 Å². The molecule has 2 atom stereocenters. The zero-order chi connectivity index (χ0) is 44.4. The lowest BCUT2D eigenvalue weighted by Gasteiger charge is -2.42. The number of carbonyl (C=O) groups is 3. The first kappa shape index (κ1) is 45.8. The van der Waals surface area contributed by atoms with Crippen molar-refractivity contribution in [3.63, 3.8) is 0 Å². The number of rotatable bonds is 9. The minimum atomic E-state index is -2.43. The first-order chi connectivity index (χ1) is 28.7. The van der Waals surface area contributed by atoms with Crippen molar-refractivity contribution >= 4 is 37.2 Å². The number of nitrogens with zero attached hydrogens (tertiary/aromatic N) is 2. The van der Waals surface area contributed by atoms with Crippen LogP contribution in [0.15, 0.2) is 54.9 Å². The summed E-state index contributed by atoms with van der Waals surface area (Å²) in [5.74, 6) is -0.0630. The molecular formula is C48H67N5O7Si. The van der Waals surface area contributed by atoms with Crippen LogP contribution >= 0.6 is 0 Å². The third-order valence-electron chi connectivity index (χ3n) is 12.1. The van der Waals surface area contributed by atoms with Crippen molar-refractivity contribution < 1.29 is 33.0 Å². The second kappa shape index (κ2) is 18.3. The van der Waals surface area contributed by atoms with E-state index in [1.807, 2.05) is 18.3 Å². The van der Waals surface area contributed by atoms with Gasteiger partial charge in [-0.3, -0.25) is 19.6 Å². The van der Waals surface area contributed by atoms with Gasteiger partial charge >= 0.3 is 12.1 Å². The van der Waals surface area contributed by atoms with E-state index in [9.17, 15) is 14.4 Å². The van der Waals surface area contributed by atoms with E-state index in [4.69, 9.17) is 18.6 Å². The number of methoxy groups -OCH3 is 1. The number of hydrogen-bond acceptors (Lipinski definition) is 9. The van der Waals surface area contributed by atoms with E-state index in [0.717, 1.165) is 55.7 Å². The number of esters is 1. The SMILES string of the molecule is COCc1ccncc1-c1[nH]c2ccc3cc2c1CC(C)(C)COC(=O)[C@@H]1CCCN(N1)C(=O)[C@@H](NC(=O)OC(C)(C)C)Cc1cc(O[Si](C(C)C)(C(C)C)C(C)C)cc-3c1. The number of carbonyl (C=O) groups excluding carboxylic acids is 3. The van der Waals surface area contributed by atoms with Crippen LogP contribution in [-0.2, 0) is 43.2 Å². The number of cyclic esters (lactones) is 1. The van der Waals surface area contributed by atoms with Crippen molar-refractivity contribution in [1.82, 2.24) is 25.7 Å². The van der Waals surface area contributed by atoms with Crippen LogP contribution in [0.25, 0.3) is 33.3 Å². The average Bonchev–Trinajstić information content (AvgIpc) is 3.53. The van der Waals surface area contributed by atoms with E-state index in [1.165, 1.54) is 5.01 Å². The summed E-state index contributed by atoms with van der Waals surface area (Å²) >= 11 is 0. The molecule has 3 N–H and O–H groups in total. The number of pyridine rings is 1. The van der Waals surface area contributed by atoms with Crippen molar-refractivity contribution in [3.05, 3.63) is 71.5 Å². The molecule has 4 heterocycles. The van der Waals surface area contributed by atoms with E-state index in [1.54, 1.807) is 34.1 Å². The van der Waals surface area contributed by atoms with Crippen molar-refractivity contribution in [2.24, 2.45) is 5.41 Å². The lowest BCUT2D eigenvalue weighted by Crippen LogP contribution is -2.60. The molecule has 2 aromatic carbocycles. The van der Waals surface area contributed by atoms with Gasteiger partial charge in [0.15, 0.2) is 0 Å². The van der Waals surface area contributed by atoms with Gasteiger partial charge < -0.3 is 28.9 Å². The maximum atomic E-state index is 14.6. The Hall–Kier alpha value is -4.72. The standard InChI is InChI=1S/C48H67N5O7Si/c1-29(2)61(30(3)4,31(5)6)60-36-21-32-20-35(23-36)33-15-16-40-37(24-33)38(43(50-40)39-26-49-18-17-34(39)27-57-12)25-48(10,11)28-58-45(55)41-14-13-19-53(52-41)44(54)42(22-32)51-46(56)59-47(7,8)9/h15-18,20-21,23-24,26,29-31,41-42,50,52H,13-14,19,22,25,27-28H2,1-12H3,(H,51,56)/t41-,42-/m0/s1. The lowest BCUT2D eigenvalue weighted by atomic mass is 9.84. The lowest BCUT2D eigenvalue weighted by molar-refractivity contribution is -0.155. The minimum Gasteiger partial charge on any atom is -0.543 e. The van der Waals surface area contributed by atoms with E-state index >= 15 is 0 Å². The second-order valence-corrected chi connectivity index (χ2v) is 25.0. The van der Waals surface area contributed by atoms with Crippen LogP contribution in [0.4, 0.5) is 4.79 Å². The molecule has 0 saturated carbocycles. The van der Waals surface area contributed by atoms with Gasteiger partial charge in [-0.15, -0.1) is 0 Å². The number of aromatic nitrogens is 2. The topological polar surface area (TPSA) is 144 Å². The molecule has 0 radical (unpaired) electrons. The Balaban J connectivity index is 1.58. The van der Waals surface area contributed by atoms with Gasteiger partial charge in [-0.05, 0) is 115 Å². The number of aromatic amines is 1. The highest BCUT2D eigenvalue weighted by Gasteiger charge is 2.47. The molecule has 0 unspecified atom stereocenters. The number of hydrazine groups is 1. The van der Waals surface area contributed by atoms with Crippen LogP contribution in [-0.4, -0.2) is 79.2 Å². The number of benzene rings is 2. The Morgan fingerprint density at radius 3 is 2.41 bits per heavy atom. The van der Waals surface area contributed by atoms with E-state index in [0.29, 0.717) is 49.0 Å². The third-order valence-corrected chi connectivity index (χ3v) is 18.1. The molecule has 2 aromatic heterocycles. The maximum absolute atomic E-state index is 14.6. The number of nitrogens with one attached hydrogen (secondary N) is 3. The highest BCUT2D eigenvalue weighted by molar-refractivity contribution is 6.78. The fraction of sp³-hybridized carbons (Fsp3) is 0.542. The average molecular weight is 854 g/mol. The summed E-state index contributed by atoms with van der Waals surface area (Å²) < 4.78 is 24.7. The second-order valence-electron chi connectivity index (χ2n) is 19.7. The molecule has 6 bridgehead atoms. The zero-order valence-corrected chi connectivity index (χ0v) is 39.3. The summed E-state index contributed by atoms with van der Waals surface area (Å²) in [6.45, 7) is 24.1. The first-order valence-corrected chi connectivity index (χ1v) is 24.0. The molecule has 6 rings (SSSR count). The number of ether oxygens (including phenoxy) is 3. The normalized spacial score (nSPS) is 19.0. The largest absolute Gasteiger partial charge is 0.543 e. The molecular weight excluding hydrogens is 787 g/mol. The van der Waals surface area contributed by atoms with Crippen LogP contribution in [0.3, 0.4) is 0 Å². The Morgan fingerprint density at radius 2 is 1.74 bits per heavy atom. The van der Waals surface area contributed by atoms with Gasteiger partial charge in [0.25, 0.3) is 14.2 Å². The molecule has 0 spiro atoms. The number of H-pyrrole nitrogens is 1. The quantitative estimate of drug-likeness (QED) is 0.111. The van der Waals surface area contributed by atoms with Crippen LogP contribution in [0, 0.1) is 5.41 Å². The van der Waals surface area contributed by atoms with Crippen LogP contribution in [0.5, 0.6) is 5.75 Å². The predicted molar refractivity (Wildman–Crippen MR) is 243 cm³/mol. The van der Waals surface area contributed by atoms with E-state index < -0.39 is 43.5 Å². The van der Waals surface area contributed by atoms with Gasteiger partial charge in [0.2, 0.25) is 0 Å². The molecule has 61 heavy (non-hydrogen) atoms. The van der Waals surface area contributed by atoms with Gasteiger partial charge in [-0.25, -0.2) is 10.2 Å². The summed E-state index contributed by atoms with van der Waals surface area (Å²) in [4.78, 5) is 50.0. The van der Waals surface area contributed by atoms with Crippen LogP contribution < -0.4 is 15.2 Å². The predicted octanol–water partition coefficient (Wildman–Crippen LogP) is 9.65. The summed E-state index contributed by atoms with van der Waals surface area (Å²) in [5, 5.41) is 5.39. The fourth-order valence-corrected chi connectivity index (χ4v) is 14.7. The van der Waals surface area contributed by atoms with E-state index in [2.05, 4.69) is 106 Å². The molecule has 0 aliphatic carbocycles.